The number of rotatable bonds is 2. The van der Waals surface area contributed by atoms with Crippen LogP contribution in [0.5, 0.6) is 0 Å². The number of esters is 1. The monoisotopic (exact) mass is 233 g/mol. The van der Waals surface area contributed by atoms with Crippen molar-refractivity contribution >= 4 is 11.7 Å². The van der Waals surface area contributed by atoms with E-state index in [0.29, 0.717) is 6.42 Å². The van der Waals surface area contributed by atoms with Crippen molar-refractivity contribution in [2.45, 2.75) is 19.4 Å². The summed E-state index contributed by atoms with van der Waals surface area (Å²) < 4.78 is 5.16. The van der Waals surface area contributed by atoms with E-state index >= 15 is 0 Å². The Kier molecular flexibility index (Phi) is 2.91. The molecule has 0 fully saturated rings. The maximum atomic E-state index is 11.2. The zero-order chi connectivity index (χ0) is 12.4. The molecule has 17 heavy (non-hydrogen) atoms. The van der Waals surface area contributed by atoms with E-state index in [1.165, 1.54) is 18.2 Å². The van der Waals surface area contributed by atoms with Gasteiger partial charge < -0.3 is 4.74 Å². The third kappa shape index (κ3) is 2.50. The largest absolute Gasteiger partial charge is 0.454 e. The summed E-state index contributed by atoms with van der Waals surface area (Å²) in [6.07, 6.45) is 1.75. The summed E-state index contributed by atoms with van der Waals surface area (Å²) in [5, 5.41) is 10.5. The maximum Gasteiger partial charge on any atom is 0.331 e. The van der Waals surface area contributed by atoms with Gasteiger partial charge in [-0.15, -0.1) is 0 Å². The number of nitro benzene ring substituents is 1. The Morgan fingerprint density at radius 1 is 1.35 bits per heavy atom. The molecule has 1 aromatic carbocycles. The molecule has 5 heteroatoms. The predicted octanol–water partition coefficient (Wildman–Crippen LogP) is 2.53. The molecule has 1 unspecified atom stereocenters. The van der Waals surface area contributed by atoms with Crippen molar-refractivity contribution in [2.24, 2.45) is 0 Å². The van der Waals surface area contributed by atoms with Crippen molar-refractivity contribution in [2.75, 3.05) is 0 Å². The summed E-state index contributed by atoms with van der Waals surface area (Å²) in [4.78, 5) is 21.3. The van der Waals surface area contributed by atoms with Crippen molar-refractivity contribution in [3.05, 3.63) is 51.6 Å². The van der Waals surface area contributed by atoms with Crippen LogP contribution in [0.3, 0.4) is 0 Å². The second kappa shape index (κ2) is 4.37. The van der Waals surface area contributed by atoms with Gasteiger partial charge in [0.25, 0.3) is 5.69 Å². The van der Waals surface area contributed by atoms with Gasteiger partial charge >= 0.3 is 5.97 Å². The summed E-state index contributed by atoms with van der Waals surface area (Å²) >= 11 is 0. The Morgan fingerprint density at radius 2 is 2.00 bits per heavy atom. The number of cyclic esters (lactones) is 1. The highest BCUT2D eigenvalue weighted by molar-refractivity contribution is 5.83. The molecule has 5 nitrogen and oxygen atoms in total. The molecule has 0 aromatic heterocycles. The fraction of sp³-hybridized carbons (Fsp3) is 0.250. The van der Waals surface area contributed by atoms with Crippen molar-refractivity contribution in [3.8, 4) is 0 Å². The van der Waals surface area contributed by atoms with Crippen molar-refractivity contribution in [1.29, 1.82) is 0 Å². The van der Waals surface area contributed by atoms with Crippen LogP contribution in [0.1, 0.15) is 25.0 Å². The van der Waals surface area contributed by atoms with Crippen LogP contribution in [0.2, 0.25) is 0 Å². The van der Waals surface area contributed by atoms with Crippen molar-refractivity contribution in [1.82, 2.24) is 0 Å². The number of ether oxygens (including phenoxy) is 1. The van der Waals surface area contributed by atoms with Crippen molar-refractivity contribution in [3.63, 3.8) is 0 Å². The number of nitrogens with zero attached hydrogens (tertiary/aromatic N) is 1. The third-order valence-corrected chi connectivity index (χ3v) is 2.61. The Morgan fingerprint density at radius 3 is 2.53 bits per heavy atom. The zero-order valence-corrected chi connectivity index (χ0v) is 9.25. The minimum absolute atomic E-state index is 0.0307. The number of hydrogen-bond donors (Lipinski definition) is 0. The molecule has 0 spiro atoms. The highest BCUT2D eigenvalue weighted by Crippen LogP contribution is 2.29. The van der Waals surface area contributed by atoms with Gasteiger partial charge in [0.2, 0.25) is 0 Å². The summed E-state index contributed by atoms with van der Waals surface area (Å²) in [5.41, 5.74) is 1.75. The summed E-state index contributed by atoms with van der Waals surface area (Å²) in [6.45, 7) is 1.86. The van der Waals surface area contributed by atoms with Crippen molar-refractivity contribution < 1.29 is 14.5 Å². The quantitative estimate of drug-likeness (QED) is 0.447. The number of carbonyl (C=O) groups is 1. The van der Waals surface area contributed by atoms with Gasteiger partial charge in [0, 0.05) is 24.6 Å². The third-order valence-electron chi connectivity index (χ3n) is 2.61. The highest BCUT2D eigenvalue weighted by Gasteiger charge is 2.21. The fourth-order valence-electron chi connectivity index (χ4n) is 1.77. The van der Waals surface area contributed by atoms with Crippen LogP contribution in [-0.2, 0) is 9.53 Å². The van der Waals surface area contributed by atoms with E-state index in [4.69, 9.17) is 4.74 Å². The smallest absolute Gasteiger partial charge is 0.331 e. The van der Waals surface area contributed by atoms with E-state index in [0.717, 1.165) is 11.1 Å². The van der Waals surface area contributed by atoms with Gasteiger partial charge in [-0.3, -0.25) is 10.1 Å². The Hall–Kier alpha value is -2.17. The topological polar surface area (TPSA) is 69.4 Å². The number of hydrogen-bond acceptors (Lipinski definition) is 4. The molecule has 0 radical (unpaired) electrons. The molecule has 88 valence electrons. The van der Waals surface area contributed by atoms with E-state index in [2.05, 4.69) is 0 Å². The first-order chi connectivity index (χ1) is 8.06. The zero-order valence-electron chi connectivity index (χ0n) is 9.25. The van der Waals surface area contributed by atoms with Crippen LogP contribution in [0.25, 0.3) is 0 Å². The highest BCUT2D eigenvalue weighted by atomic mass is 16.6. The van der Waals surface area contributed by atoms with E-state index in [9.17, 15) is 14.9 Å². The van der Waals surface area contributed by atoms with E-state index < -0.39 is 4.92 Å². The first kappa shape index (κ1) is 11.3. The van der Waals surface area contributed by atoms with Gasteiger partial charge in [0.15, 0.2) is 0 Å². The van der Waals surface area contributed by atoms with Crippen LogP contribution in [0.4, 0.5) is 5.69 Å². The lowest BCUT2D eigenvalue weighted by Gasteiger charge is -2.21. The fourth-order valence-corrected chi connectivity index (χ4v) is 1.77. The first-order valence-electron chi connectivity index (χ1n) is 5.18. The molecule has 1 aliphatic rings. The number of benzene rings is 1. The minimum Gasteiger partial charge on any atom is -0.454 e. The normalized spacial score (nSPS) is 19.5. The number of carbonyl (C=O) groups excluding carboxylic acids is 1. The average molecular weight is 233 g/mol. The maximum absolute atomic E-state index is 11.2. The lowest BCUT2D eigenvalue weighted by molar-refractivity contribution is -0.384. The van der Waals surface area contributed by atoms with Gasteiger partial charge in [-0.25, -0.2) is 4.79 Å². The number of nitro groups is 1. The van der Waals surface area contributed by atoms with Gasteiger partial charge in [0.05, 0.1) is 4.92 Å². The molecular formula is C12H11NO4. The van der Waals surface area contributed by atoms with Crippen LogP contribution in [-0.4, -0.2) is 10.9 Å². The second-order valence-electron chi connectivity index (χ2n) is 3.97. The van der Waals surface area contributed by atoms with E-state index in [1.54, 1.807) is 12.1 Å². The summed E-state index contributed by atoms with van der Waals surface area (Å²) in [7, 11) is 0. The van der Waals surface area contributed by atoms with Gasteiger partial charge in [-0.05, 0) is 24.6 Å². The van der Waals surface area contributed by atoms with Crippen LogP contribution < -0.4 is 0 Å². The lowest BCUT2D eigenvalue weighted by atomic mass is 10.00. The molecule has 1 aromatic rings. The van der Waals surface area contributed by atoms with Gasteiger partial charge in [0.1, 0.15) is 6.10 Å². The standard InChI is InChI=1S/C12H11NO4/c1-8-6-11(17-12(14)7-8)9-2-4-10(5-3-9)13(15)16/h2-5,7,11H,6H2,1H3. The average Bonchev–Trinajstić information content (AvgIpc) is 2.28. The molecule has 2 rings (SSSR count). The first-order valence-corrected chi connectivity index (χ1v) is 5.18. The Labute approximate surface area is 97.9 Å². The number of non-ortho nitro benzene ring substituents is 1. The molecule has 0 N–H and O–H groups in total. The van der Waals surface area contributed by atoms with E-state index in [-0.39, 0.29) is 17.8 Å². The lowest BCUT2D eigenvalue weighted by Crippen LogP contribution is -2.15. The molecule has 0 bridgehead atoms. The molecule has 1 atom stereocenters. The van der Waals surface area contributed by atoms with Crippen LogP contribution >= 0.6 is 0 Å². The van der Waals surface area contributed by atoms with Gasteiger partial charge in [-0.1, -0.05) is 5.57 Å². The summed E-state index contributed by atoms with van der Waals surface area (Å²) in [5.74, 6) is -0.364. The molecule has 0 saturated carbocycles. The molecule has 0 aliphatic carbocycles. The second-order valence-corrected chi connectivity index (χ2v) is 3.97. The molecular weight excluding hydrogens is 222 g/mol. The SMILES string of the molecule is CC1=CC(=O)OC(c2ccc([N+](=O)[O-])cc2)C1. The van der Waals surface area contributed by atoms with Crippen LogP contribution in [0.15, 0.2) is 35.9 Å². The molecule has 0 amide bonds. The molecule has 1 aliphatic heterocycles. The van der Waals surface area contributed by atoms with E-state index in [1.807, 2.05) is 6.92 Å². The summed E-state index contributed by atoms with van der Waals surface area (Å²) in [6, 6.07) is 6.07. The Bertz CT molecular complexity index is 490. The Balaban J connectivity index is 2.21. The molecule has 1 heterocycles. The predicted molar refractivity (Wildman–Crippen MR) is 60.3 cm³/mol. The minimum atomic E-state index is -0.457. The van der Waals surface area contributed by atoms with Gasteiger partial charge in [-0.2, -0.15) is 0 Å². The van der Waals surface area contributed by atoms with Crippen LogP contribution in [0, 0.1) is 10.1 Å². The molecule has 0 saturated heterocycles.